The molecule has 0 fully saturated rings. The van der Waals surface area contributed by atoms with Gasteiger partial charge in [-0.1, -0.05) is 0 Å². The van der Waals surface area contributed by atoms with Crippen molar-refractivity contribution >= 4 is 22.8 Å². The maximum absolute atomic E-state index is 11.0. The van der Waals surface area contributed by atoms with Gasteiger partial charge in [-0.25, -0.2) is 0 Å². The van der Waals surface area contributed by atoms with E-state index in [-0.39, 0.29) is 5.78 Å². The van der Waals surface area contributed by atoms with Crippen molar-refractivity contribution in [3.05, 3.63) is 15.3 Å². The highest BCUT2D eigenvalue weighted by Crippen LogP contribution is 2.29. The minimum atomic E-state index is 0.0590. The number of rotatable bonds is 1. The topological polar surface area (TPSA) is 43.1 Å². The van der Waals surface area contributed by atoms with E-state index in [2.05, 4.69) is 0 Å². The molecule has 0 amide bonds. The maximum Gasteiger partial charge on any atom is 0.171 e. The lowest BCUT2D eigenvalue weighted by molar-refractivity contribution is 0.102. The van der Waals surface area contributed by atoms with E-state index >= 15 is 0 Å². The monoisotopic (exact) mass is 169 g/mol. The van der Waals surface area contributed by atoms with Gasteiger partial charge in [0.05, 0.1) is 10.6 Å². The molecule has 0 spiro atoms. The number of thiophene rings is 1. The molecule has 1 aromatic heterocycles. The molecule has 1 aromatic rings. The molecule has 0 aliphatic heterocycles. The number of anilines is 1. The minimum Gasteiger partial charge on any atom is -0.397 e. The fourth-order valence-electron chi connectivity index (χ4n) is 0.906. The Bertz CT molecular complexity index is 301. The molecular formula is C8H11NOS. The number of hydrogen-bond donors (Lipinski definition) is 1. The zero-order valence-electron chi connectivity index (χ0n) is 6.89. The fourth-order valence-corrected chi connectivity index (χ4v) is 1.88. The number of ketones is 1. The number of Topliss-reactive ketones (excluding diaryl/α,β-unsaturated/α-hetero) is 1. The van der Waals surface area contributed by atoms with E-state index in [1.54, 1.807) is 6.92 Å². The van der Waals surface area contributed by atoms with Gasteiger partial charge in [-0.05, 0) is 19.4 Å². The van der Waals surface area contributed by atoms with Crippen LogP contribution in [0.5, 0.6) is 0 Å². The quantitative estimate of drug-likeness (QED) is 0.654. The van der Waals surface area contributed by atoms with Crippen LogP contribution in [0.3, 0.4) is 0 Å². The summed E-state index contributed by atoms with van der Waals surface area (Å²) >= 11 is 1.47. The Morgan fingerprint density at radius 1 is 1.45 bits per heavy atom. The molecule has 3 heteroatoms. The lowest BCUT2D eigenvalue weighted by Gasteiger charge is -1.92. The van der Waals surface area contributed by atoms with Gasteiger partial charge >= 0.3 is 0 Å². The van der Waals surface area contributed by atoms with Crippen molar-refractivity contribution in [1.29, 1.82) is 0 Å². The fraction of sp³-hybridized carbons (Fsp3) is 0.375. The smallest absolute Gasteiger partial charge is 0.171 e. The zero-order chi connectivity index (χ0) is 8.59. The third-order valence-corrected chi connectivity index (χ3v) is 3.08. The van der Waals surface area contributed by atoms with Gasteiger partial charge in [-0.15, -0.1) is 11.3 Å². The second-order valence-electron chi connectivity index (χ2n) is 2.58. The van der Waals surface area contributed by atoms with E-state index in [9.17, 15) is 4.79 Å². The molecule has 2 nitrogen and oxygen atoms in total. The third kappa shape index (κ3) is 1.28. The summed E-state index contributed by atoms with van der Waals surface area (Å²) in [4.78, 5) is 12.8. The van der Waals surface area contributed by atoms with Crippen LogP contribution in [0.25, 0.3) is 0 Å². The SMILES string of the molecule is CC(=O)c1sc(C)c(C)c1N. The van der Waals surface area contributed by atoms with Gasteiger partial charge < -0.3 is 5.73 Å². The van der Waals surface area contributed by atoms with Crippen LogP contribution in [0.2, 0.25) is 0 Å². The lowest BCUT2D eigenvalue weighted by atomic mass is 10.2. The lowest BCUT2D eigenvalue weighted by Crippen LogP contribution is -1.94. The Labute approximate surface area is 70.0 Å². The molecule has 0 radical (unpaired) electrons. The first kappa shape index (κ1) is 8.27. The summed E-state index contributed by atoms with van der Waals surface area (Å²) in [7, 11) is 0. The summed E-state index contributed by atoms with van der Waals surface area (Å²) in [5, 5.41) is 0. The van der Waals surface area contributed by atoms with Crippen molar-refractivity contribution in [2.75, 3.05) is 5.73 Å². The second-order valence-corrected chi connectivity index (χ2v) is 3.81. The maximum atomic E-state index is 11.0. The highest BCUT2D eigenvalue weighted by Gasteiger charge is 2.11. The minimum absolute atomic E-state index is 0.0590. The van der Waals surface area contributed by atoms with E-state index in [1.807, 2.05) is 13.8 Å². The molecule has 1 heterocycles. The molecule has 0 bridgehead atoms. The van der Waals surface area contributed by atoms with Crippen molar-refractivity contribution in [1.82, 2.24) is 0 Å². The standard InChI is InChI=1S/C8H11NOS/c1-4-6(3)11-8(5(2)10)7(4)9/h9H2,1-3H3. The summed E-state index contributed by atoms with van der Waals surface area (Å²) in [5.74, 6) is 0.0590. The summed E-state index contributed by atoms with van der Waals surface area (Å²) in [6, 6.07) is 0. The summed E-state index contributed by atoms with van der Waals surface area (Å²) in [5.41, 5.74) is 7.39. The van der Waals surface area contributed by atoms with Crippen molar-refractivity contribution in [3.63, 3.8) is 0 Å². The third-order valence-electron chi connectivity index (χ3n) is 1.75. The molecular weight excluding hydrogens is 158 g/mol. The van der Waals surface area contributed by atoms with Crippen molar-refractivity contribution < 1.29 is 4.79 Å². The number of carbonyl (C=O) groups excluding carboxylic acids is 1. The Hall–Kier alpha value is -0.830. The molecule has 0 atom stereocenters. The number of nitrogen functional groups attached to an aromatic ring is 1. The molecule has 0 saturated heterocycles. The Morgan fingerprint density at radius 2 is 2.00 bits per heavy atom. The van der Waals surface area contributed by atoms with Crippen molar-refractivity contribution in [2.24, 2.45) is 0 Å². The number of nitrogens with two attached hydrogens (primary N) is 1. The number of carbonyl (C=O) groups is 1. The highest BCUT2D eigenvalue weighted by atomic mass is 32.1. The van der Waals surface area contributed by atoms with Crippen LogP contribution in [0.4, 0.5) is 5.69 Å². The van der Waals surface area contributed by atoms with Crippen molar-refractivity contribution in [2.45, 2.75) is 20.8 Å². The van der Waals surface area contributed by atoms with Crippen LogP contribution in [0, 0.1) is 13.8 Å². The molecule has 11 heavy (non-hydrogen) atoms. The van der Waals surface area contributed by atoms with Crippen LogP contribution in [0.1, 0.15) is 27.0 Å². The molecule has 2 N–H and O–H groups in total. The first-order chi connectivity index (χ1) is 5.04. The van der Waals surface area contributed by atoms with Crippen LogP contribution < -0.4 is 5.73 Å². The Balaban J connectivity index is 3.29. The predicted octanol–water partition coefficient (Wildman–Crippen LogP) is 2.15. The average Bonchev–Trinajstić information content (AvgIpc) is 2.17. The van der Waals surface area contributed by atoms with Gasteiger partial charge in [-0.3, -0.25) is 4.79 Å². The largest absolute Gasteiger partial charge is 0.397 e. The zero-order valence-corrected chi connectivity index (χ0v) is 7.71. The van der Waals surface area contributed by atoms with E-state index in [0.29, 0.717) is 10.6 Å². The summed E-state index contributed by atoms with van der Waals surface area (Å²) in [6.45, 7) is 5.46. The normalized spacial score (nSPS) is 10.1. The first-order valence-electron chi connectivity index (χ1n) is 3.40. The van der Waals surface area contributed by atoms with E-state index in [1.165, 1.54) is 11.3 Å². The molecule has 0 aliphatic rings. The highest BCUT2D eigenvalue weighted by molar-refractivity contribution is 7.14. The first-order valence-corrected chi connectivity index (χ1v) is 4.22. The van der Waals surface area contributed by atoms with Crippen LogP contribution >= 0.6 is 11.3 Å². The summed E-state index contributed by atoms with van der Waals surface area (Å²) < 4.78 is 0. The molecule has 0 aromatic carbocycles. The molecule has 0 aliphatic carbocycles. The van der Waals surface area contributed by atoms with Gasteiger partial charge in [0.2, 0.25) is 0 Å². The van der Waals surface area contributed by atoms with E-state index < -0.39 is 0 Å². The van der Waals surface area contributed by atoms with Crippen molar-refractivity contribution in [3.8, 4) is 0 Å². The van der Waals surface area contributed by atoms with Gasteiger partial charge in [0.25, 0.3) is 0 Å². The van der Waals surface area contributed by atoms with Gasteiger partial charge in [0.1, 0.15) is 0 Å². The van der Waals surface area contributed by atoms with Gasteiger partial charge in [0, 0.05) is 11.8 Å². The second kappa shape index (κ2) is 2.66. The predicted molar refractivity (Wildman–Crippen MR) is 48.2 cm³/mol. The average molecular weight is 169 g/mol. The van der Waals surface area contributed by atoms with Gasteiger partial charge in [-0.2, -0.15) is 0 Å². The van der Waals surface area contributed by atoms with E-state index in [4.69, 9.17) is 5.73 Å². The Morgan fingerprint density at radius 3 is 2.18 bits per heavy atom. The summed E-state index contributed by atoms with van der Waals surface area (Å²) in [6.07, 6.45) is 0. The number of hydrogen-bond acceptors (Lipinski definition) is 3. The van der Waals surface area contributed by atoms with Crippen LogP contribution in [0.15, 0.2) is 0 Å². The van der Waals surface area contributed by atoms with E-state index in [0.717, 1.165) is 10.4 Å². The number of aryl methyl sites for hydroxylation is 1. The molecule has 60 valence electrons. The Kier molecular flexibility index (Phi) is 2.00. The van der Waals surface area contributed by atoms with Gasteiger partial charge in [0.15, 0.2) is 5.78 Å². The van der Waals surface area contributed by atoms with Crippen LogP contribution in [-0.4, -0.2) is 5.78 Å². The molecule has 1 rings (SSSR count). The molecule has 0 saturated carbocycles. The van der Waals surface area contributed by atoms with Crippen LogP contribution in [-0.2, 0) is 0 Å². The molecule has 0 unspecified atom stereocenters.